The zero-order valence-corrected chi connectivity index (χ0v) is 25.1. The first kappa shape index (κ1) is 31.6. The van der Waals surface area contributed by atoms with Gasteiger partial charge in [0.2, 0.25) is 0 Å². The van der Waals surface area contributed by atoms with Crippen LogP contribution in [0.1, 0.15) is 34.6 Å². The van der Waals surface area contributed by atoms with Gasteiger partial charge in [0.1, 0.15) is 19.3 Å². The Bertz CT molecular complexity index is 1620. The van der Waals surface area contributed by atoms with Gasteiger partial charge >= 0.3 is 20.3 Å². The van der Waals surface area contributed by atoms with Gasteiger partial charge in [-0.1, -0.05) is 78.9 Å². The fourth-order valence-electron chi connectivity index (χ4n) is 5.02. The van der Waals surface area contributed by atoms with Gasteiger partial charge in [-0.3, -0.25) is 14.7 Å². The second-order valence-corrected chi connectivity index (χ2v) is 11.3. The lowest BCUT2D eigenvalue weighted by Crippen LogP contribution is -2.43. The average molecular weight is 631 g/mol. The quantitative estimate of drug-likeness (QED) is 0.0709. The molecule has 1 aliphatic carbocycles. The Morgan fingerprint density at radius 2 is 1.38 bits per heavy atom. The second kappa shape index (κ2) is 15.3. The van der Waals surface area contributed by atoms with Gasteiger partial charge in [0.05, 0.1) is 18.1 Å². The number of carbonyl (C=O) groups is 2. The molecule has 2 unspecified atom stereocenters. The van der Waals surface area contributed by atoms with Crippen LogP contribution in [0.2, 0.25) is 0 Å². The van der Waals surface area contributed by atoms with Gasteiger partial charge in [0.25, 0.3) is 5.69 Å². The molecule has 5 rings (SSSR count). The number of amides is 1. The van der Waals surface area contributed by atoms with Crippen LogP contribution in [0, 0.1) is 10.1 Å². The molecule has 2 atom stereocenters. The van der Waals surface area contributed by atoms with E-state index in [1.54, 1.807) is 12.1 Å². The first-order valence-electron chi connectivity index (χ1n) is 14.2. The number of hydrogen-bond donors (Lipinski definition) is 1. The van der Waals surface area contributed by atoms with Crippen molar-refractivity contribution in [2.24, 2.45) is 0 Å². The van der Waals surface area contributed by atoms with Crippen molar-refractivity contribution in [3.8, 4) is 11.1 Å². The van der Waals surface area contributed by atoms with Crippen molar-refractivity contribution in [3.05, 3.63) is 135 Å². The number of rotatable bonds is 14. The van der Waals surface area contributed by atoms with Crippen LogP contribution in [0.3, 0.4) is 0 Å². The Kier molecular flexibility index (Phi) is 10.7. The molecule has 4 aromatic rings. The number of nitro groups is 1. The highest BCUT2D eigenvalue weighted by Gasteiger charge is 2.30. The summed E-state index contributed by atoms with van der Waals surface area (Å²) in [5.41, 5.74) is 5.56. The van der Waals surface area contributed by atoms with Gasteiger partial charge in [-0.15, -0.1) is 0 Å². The molecule has 0 aromatic heterocycles. The summed E-state index contributed by atoms with van der Waals surface area (Å²) in [6, 6.07) is 29.5. The average Bonchev–Trinajstić information content (AvgIpc) is 3.39. The standard InChI is InChI=1S/C33H31N2O9P/c36-32(41-20-23-8-2-1-3-9-23)31(18-19-43-45(40)44-21-24-14-16-25(17-15-24)35(38)39)34-33(37)42-22-30-28-12-6-4-10-26(28)27-11-5-7-13-29(27)30/h1-17,30-31,45H,18-22H2,(H,34,37). The topological polar surface area (TPSA) is 143 Å². The minimum absolute atomic E-state index is 0.00164. The molecule has 0 radical (unpaired) electrons. The molecular formula is C33H31N2O9P. The smallest absolute Gasteiger partial charge is 0.407 e. The predicted molar refractivity (Wildman–Crippen MR) is 166 cm³/mol. The van der Waals surface area contributed by atoms with E-state index in [0.29, 0.717) is 5.56 Å². The Labute approximate surface area is 260 Å². The van der Waals surface area contributed by atoms with E-state index < -0.39 is 31.3 Å². The molecule has 11 nitrogen and oxygen atoms in total. The van der Waals surface area contributed by atoms with E-state index in [1.807, 2.05) is 66.7 Å². The first-order valence-corrected chi connectivity index (χ1v) is 15.5. The van der Waals surface area contributed by atoms with Crippen LogP contribution in [0.4, 0.5) is 10.5 Å². The van der Waals surface area contributed by atoms with Gasteiger partial charge in [-0.05, 0) is 45.5 Å². The number of carbonyl (C=O) groups excluding carboxylic acids is 2. The summed E-state index contributed by atoms with van der Waals surface area (Å²) in [4.78, 5) is 36.2. The molecule has 0 aliphatic heterocycles. The van der Waals surface area contributed by atoms with Crippen molar-refractivity contribution in [3.63, 3.8) is 0 Å². The number of non-ortho nitro benzene ring substituents is 1. The van der Waals surface area contributed by atoms with Gasteiger partial charge in [0.15, 0.2) is 0 Å². The Morgan fingerprint density at radius 1 is 0.778 bits per heavy atom. The lowest BCUT2D eigenvalue weighted by atomic mass is 9.98. The zero-order valence-electron chi connectivity index (χ0n) is 24.1. The lowest BCUT2D eigenvalue weighted by molar-refractivity contribution is -0.384. The predicted octanol–water partition coefficient (Wildman–Crippen LogP) is 6.56. The molecule has 0 saturated heterocycles. The van der Waals surface area contributed by atoms with Crippen LogP contribution in [-0.4, -0.2) is 36.2 Å². The summed E-state index contributed by atoms with van der Waals surface area (Å²) in [7, 11) is -2.97. The van der Waals surface area contributed by atoms with E-state index in [-0.39, 0.29) is 44.5 Å². The van der Waals surface area contributed by atoms with E-state index in [2.05, 4.69) is 5.32 Å². The van der Waals surface area contributed by atoms with Crippen LogP contribution in [0.25, 0.3) is 11.1 Å². The SMILES string of the molecule is O=C(NC(CCO[PH](=O)OCc1ccc([N+](=O)[O-])cc1)C(=O)OCc1ccccc1)OCC1c2ccccc2-c2ccccc21. The minimum Gasteiger partial charge on any atom is -0.459 e. The van der Waals surface area contributed by atoms with Crippen molar-refractivity contribution < 1.29 is 37.6 Å². The van der Waals surface area contributed by atoms with Crippen molar-refractivity contribution in [2.75, 3.05) is 13.2 Å². The molecule has 0 bridgehead atoms. The number of fused-ring (bicyclic) bond motifs is 3. The van der Waals surface area contributed by atoms with Crippen molar-refractivity contribution >= 4 is 26.0 Å². The van der Waals surface area contributed by atoms with Crippen LogP contribution in [0.5, 0.6) is 0 Å². The summed E-state index contributed by atoms with van der Waals surface area (Å²) in [6.07, 6.45) is -0.865. The maximum atomic E-state index is 13.0. The number of alkyl carbamates (subject to hydrolysis) is 1. The highest BCUT2D eigenvalue weighted by molar-refractivity contribution is 7.33. The molecule has 0 heterocycles. The maximum absolute atomic E-state index is 13.0. The normalized spacial score (nSPS) is 13.2. The lowest BCUT2D eigenvalue weighted by Gasteiger charge is -2.19. The van der Waals surface area contributed by atoms with Gasteiger partial charge in [-0.25, -0.2) is 9.59 Å². The molecule has 232 valence electrons. The summed E-state index contributed by atoms with van der Waals surface area (Å²) in [5, 5.41) is 13.4. The van der Waals surface area contributed by atoms with Crippen molar-refractivity contribution in [1.82, 2.24) is 5.32 Å². The highest BCUT2D eigenvalue weighted by atomic mass is 31.1. The Balaban J connectivity index is 1.16. The molecule has 0 fully saturated rings. The molecule has 4 aromatic carbocycles. The number of hydrogen-bond acceptors (Lipinski definition) is 9. The summed E-state index contributed by atoms with van der Waals surface area (Å²) in [6.45, 7) is -0.214. The summed E-state index contributed by atoms with van der Waals surface area (Å²) < 4.78 is 33.9. The molecule has 12 heteroatoms. The number of nitro benzene ring substituents is 1. The third-order valence-electron chi connectivity index (χ3n) is 7.27. The molecule has 1 N–H and O–H groups in total. The van der Waals surface area contributed by atoms with E-state index in [1.165, 1.54) is 24.3 Å². The molecule has 1 aliphatic rings. The van der Waals surface area contributed by atoms with Crippen LogP contribution >= 0.6 is 8.25 Å². The second-order valence-electron chi connectivity index (χ2n) is 10.2. The molecular weight excluding hydrogens is 599 g/mol. The summed E-state index contributed by atoms with van der Waals surface area (Å²) >= 11 is 0. The van der Waals surface area contributed by atoms with Crippen LogP contribution in [-0.2, 0) is 41.1 Å². The number of ether oxygens (including phenoxy) is 2. The third kappa shape index (κ3) is 8.42. The van der Waals surface area contributed by atoms with Crippen molar-refractivity contribution in [1.29, 1.82) is 0 Å². The highest BCUT2D eigenvalue weighted by Crippen LogP contribution is 2.44. The Hall–Kier alpha value is -4.83. The number of nitrogens with zero attached hydrogens (tertiary/aromatic N) is 1. The van der Waals surface area contributed by atoms with Gasteiger partial charge < -0.3 is 23.8 Å². The molecule has 0 saturated carbocycles. The van der Waals surface area contributed by atoms with E-state index in [9.17, 15) is 24.3 Å². The fourth-order valence-corrected chi connectivity index (χ4v) is 5.67. The largest absolute Gasteiger partial charge is 0.459 e. The fraction of sp³-hybridized carbons (Fsp3) is 0.212. The maximum Gasteiger partial charge on any atom is 0.407 e. The van der Waals surface area contributed by atoms with E-state index in [0.717, 1.165) is 27.8 Å². The zero-order chi connectivity index (χ0) is 31.6. The van der Waals surface area contributed by atoms with Gasteiger partial charge in [-0.2, -0.15) is 0 Å². The minimum atomic E-state index is -2.97. The third-order valence-corrected chi connectivity index (χ3v) is 8.09. The van der Waals surface area contributed by atoms with E-state index in [4.69, 9.17) is 18.5 Å². The first-order chi connectivity index (χ1) is 21.9. The van der Waals surface area contributed by atoms with Crippen LogP contribution in [0.15, 0.2) is 103 Å². The molecule has 1 amide bonds. The monoisotopic (exact) mass is 630 g/mol. The van der Waals surface area contributed by atoms with E-state index >= 15 is 0 Å². The van der Waals surface area contributed by atoms with Crippen LogP contribution < -0.4 is 5.32 Å². The Morgan fingerprint density at radius 3 is 2.02 bits per heavy atom. The van der Waals surface area contributed by atoms with Crippen molar-refractivity contribution in [2.45, 2.75) is 31.6 Å². The molecule has 45 heavy (non-hydrogen) atoms. The molecule has 0 spiro atoms. The van der Waals surface area contributed by atoms with Gasteiger partial charge in [0, 0.05) is 24.5 Å². The number of esters is 1. The summed E-state index contributed by atoms with van der Waals surface area (Å²) in [5.74, 6) is -0.865. The number of benzene rings is 4. The number of nitrogens with one attached hydrogen (secondary N) is 1.